The number of nitrogens with zero attached hydrogens (tertiary/aromatic N) is 2. The van der Waals surface area contributed by atoms with Gasteiger partial charge in [0, 0.05) is 13.6 Å². The molecule has 1 rings (SSSR count). The van der Waals surface area contributed by atoms with E-state index >= 15 is 0 Å². The summed E-state index contributed by atoms with van der Waals surface area (Å²) >= 11 is 0. The summed E-state index contributed by atoms with van der Waals surface area (Å²) in [7, 11) is 1.75. The minimum atomic E-state index is -0.897. The van der Waals surface area contributed by atoms with Crippen LogP contribution >= 0.6 is 0 Å². The quantitative estimate of drug-likeness (QED) is 0.696. The Labute approximate surface area is 90.8 Å². The van der Waals surface area contributed by atoms with Crippen molar-refractivity contribution in [1.82, 2.24) is 4.90 Å². The number of hydrogen-bond acceptors (Lipinski definition) is 3. The van der Waals surface area contributed by atoms with Crippen LogP contribution in [0.15, 0.2) is 0 Å². The molecule has 0 saturated carbocycles. The largest absolute Gasteiger partial charge is 0.377 e. The van der Waals surface area contributed by atoms with Crippen LogP contribution in [0.5, 0.6) is 0 Å². The average molecular weight is 210 g/mol. The molecule has 4 heteroatoms. The molecule has 4 nitrogen and oxygen atoms in total. The molecule has 1 aliphatic heterocycles. The van der Waals surface area contributed by atoms with Gasteiger partial charge in [-0.2, -0.15) is 5.26 Å². The van der Waals surface area contributed by atoms with E-state index in [4.69, 9.17) is 10.00 Å². The summed E-state index contributed by atoms with van der Waals surface area (Å²) in [5.74, 6) is 0.466. The Morgan fingerprint density at radius 1 is 1.60 bits per heavy atom. The lowest BCUT2D eigenvalue weighted by atomic mass is 9.86. The molecular formula is C11H18N2O2. The second kappa shape index (κ2) is 4.63. The summed E-state index contributed by atoms with van der Waals surface area (Å²) in [4.78, 5) is 13.6. The van der Waals surface area contributed by atoms with Gasteiger partial charge in [-0.3, -0.25) is 4.79 Å². The van der Waals surface area contributed by atoms with E-state index in [1.165, 1.54) is 0 Å². The summed E-state index contributed by atoms with van der Waals surface area (Å²) in [6.45, 7) is 5.43. The zero-order valence-electron chi connectivity index (χ0n) is 9.62. The highest BCUT2D eigenvalue weighted by atomic mass is 16.5. The van der Waals surface area contributed by atoms with Crippen LogP contribution in [0.1, 0.15) is 20.3 Å². The monoisotopic (exact) mass is 210 g/mol. The van der Waals surface area contributed by atoms with Gasteiger partial charge >= 0.3 is 0 Å². The number of ether oxygens (including phenoxy) is 1. The van der Waals surface area contributed by atoms with Crippen molar-refractivity contribution in [2.24, 2.45) is 11.3 Å². The van der Waals surface area contributed by atoms with Gasteiger partial charge < -0.3 is 9.64 Å². The van der Waals surface area contributed by atoms with Crippen LogP contribution in [0.25, 0.3) is 0 Å². The molecule has 0 unspecified atom stereocenters. The van der Waals surface area contributed by atoms with Gasteiger partial charge in [-0.15, -0.1) is 0 Å². The first-order valence-electron chi connectivity index (χ1n) is 5.26. The Hall–Kier alpha value is -1.08. The highest BCUT2D eigenvalue weighted by Crippen LogP contribution is 2.28. The standard InChI is InChI=1S/C11H18N2O2/c1-9(2)4-5-13(3)10(14)11(6-12)7-15-8-11/h9H,4-5,7-8H2,1-3H3. The molecule has 15 heavy (non-hydrogen) atoms. The van der Waals surface area contributed by atoms with E-state index in [1.54, 1.807) is 11.9 Å². The van der Waals surface area contributed by atoms with Crippen LogP contribution in [0.2, 0.25) is 0 Å². The van der Waals surface area contributed by atoms with Crippen molar-refractivity contribution in [1.29, 1.82) is 5.26 Å². The molecule has 0 atom stereocenters. The maximum absolute atomic E-state index is 11.9. The predicted octanol–water partition coefficient (Wildman–Crippen LogP) is 1.03. The van der Waals surface area contributed by atoms with Crippen LogP contribution < -0.4 is 0 Å². The Kier molecular flexibility index (Phi) is 3.70. The number of carbonyl (C=O) groups excluding carboxylic acids is 1. The number of nitriles is 1. The molecule has 0 radical (unpaired) electrons. The average Bonchev–Trinajstić information content (AvgIpc) is 2.13. The molecule has 0 spiro atoms. The van der Waals surface area contributed by atoms with Gasteiger partial charge in [0.15, 0.2) is 5.41 Å². The molecular weight excluding hydrogens is 192 g/mol. The third kappa shape index (κ3) is 2.48. The van der Waals surface area contributed by atoms with Crippen LogP contribution in [-0.4, -0.2) is 37.6 Å². The number of carbonyl (C=O) groups is 1. The third-order valence-electron chi connectivity index (χ3n) is 2.71. The molecule has 84 valence electrons. The van der Waals surface area contributed by atoms with Gasteiger partial charge in [-0.25, -0.2) is 0 Å². The maximum atomic E-state index is 11.9. The first kappa shape index (κ1) is 12.0. The van der Waals surface area contributed by atoms with E-state index in [2.05, 4.69) is 19.9 Å². The molecule has 1 amide bonds. The van der Waals surface area contributed by atoms with Crippen molar-refractivity contribution >= 4 is 5.91 Å². The summed E-state index contributed by atoms with van der Waals surface area (Å²) in [6.07, 6.45) is 0.963. The molecule has 0 N–H and O–H groups in total. The van der Waals surface area contributed by atoms with Gasteiger partial charge in [0.25, 0.3) is 0 Å². The molecule has 0 aromatic carbocycles. The summed E-state index contributed by atoms with van der Waals surface area (Å²) in [6, 6.07) is 2.07. The third-order valence-corrected chi connectivity index (χ3v) is 2.71. The zero-order valence-corrected chi connectivity index (χ0v) is 9.62. The van der Waals surface area contributed by atoms with Gasteiger partial charge in [-0.05, 0) is 12.3 Å². The van der Waals surface area contributed by atoms with Gasteiger partial charge in [0.2, 0.25) is 5.91 Å². The van der Waals surface area contributed by atoms with Crippen molar-refractivity contribution in [3.8, 4) is 6.07 Å². The van der Waals surface area contributed by atoms with Crippen LogP contribution in [-0.2, 0) is 9.53 Å². The first-order chi connectivity index (χ1) is 7.02. The first-order valence-corrected chi connectivity index (χ1v) is 5.26. The molecule has 0 aromatic rings. The van der Waals surface area contributed by atoms with Crippen molar-refractivity contribution in [2.75, 3.05) is 26.8 Å². The highest BCUT2D eigenvalue weighted by Gasteiger charge is 2.47. The molecule has 0 aromatic heterocycles. The van der Waals surface area contributed by atoms with Crippen LogP contribution in [0, 0.1) is 22.7 Å². The molecule has 1 fully saturated rings. The van der Waals surface area contributed by atoms with Gasteiger partial charge in [-0.1, -0.05) is 13.8 Å². The fourth-order valence-electron chi connectivity index (χ4n) is 1.46. The lowest BCUT2D eigenvalue weighted by Gasteiger charge is -2.36. The summed E-state index contributed by atoms with van der Waals surface area (Å²) < 4.78 is 4.96. The normalized spacial score (nSPS) is 18.1. The Balaban J connectivity index is 2.49. The summed E-state index contributed by atoms with van der Waals surface area (Å²) in [5.41, 5.74) is -0.897. The fourth-order valence-corrected chi connectivity index (χ4v) is 1.46. The Morgan fingerprint density at radius 3 is 2.53 bits per heavy atom. The molecule has 0 bridgehead atoms. The topological polar surface area (TPSA) is 53.3 Å². The van der Waals surface area contributed by atoms with Gasteiger partial charge in [0.05, 0.1) is 19.3 Å². The molecule has 1 saturated heterocycles. The number of rotatable bonds is 4. The Morgan fingerprint density at radius 2 is 2.20 bits per heavy atom. The molecule has 0 aliphatic carbocycles. The minimum Gasteiger partial charge on any atom is -0.377 e. The van der Waals surface area contributed by atoms with Gasteiger partial charge in [0.1, 0.15) is 0 Å². The van der Waals surface area contributed by atoms with Crippen molar-refractivity contribution < 1.29 is 9.53 Å². The predicted molar refractivity (Wildman–Crippen MR) is 56.0 cm³/mol. The fraction of sp³-hybridized carbons (Fsp3) is 0.818. The van der Waals surface area contributed by atoms with E-state index < -0.39 is 5.41 Å². The van der Waals surface area contributed by atoms with E-state index in [1.807, 2.05) is 0 Å². The van der Waals surface area contributed by atoms with E-state index in [9.17, 15) is 4.79 Å². The molecule has 1 heterocycles. The SMILES string of the molecule is CC(C)CCN(C)C(=O)C1(C#N)COC1. The lowest BCUT2D eigenvalue weighted by molar-refractivity contribution is -0.160. The number of amides is 1. The maximum Gasteiger partial charge on any atom is 0.247 e. The van der Waals surface area contributed by atoms with E-state index in [0.29, 0.717) is 12.5 Å². The van der Waals surface area contributed by atoms with Crippen molar-refractivity contribution in [2.45, 2.75) is 20.3 Å². The zero-order chi connectivity index (χ0) is 11.5. The lowest BCUT2D eigenvalue weighted by Crippen LogP contribution is -2.53. The van der Waals surface area contributed by atoms with Crippen LogP contribution in [0.3, 0.4) is 0 Å². The van der Waals surface area contributed by atoms with E-state index in [-0.39, 0.29) is 19.1 Å². The van der Waals surface area contributed by atoms with Crippen molar-refractivity contribution in [3.63, 3.8) is 0 Å². The van der Waals surface area contributed by atoms with E-state index in [0.717, 1.165) is 6.42 Å². The Bertz CT molecular complexity index is 277. The van der Waals surface area contributed by atoms with Crippen molar-refractivity contribution in [3.05, 3.63) is 0 Å². The minimum absolute atomic E-state index is 0.100. The summed E-state index contributed by atoms with van der Waals surface area (Å²) in [5, 5.41) is 8.96. The van der Waals surface area contributed by atoms with Crippen LogP contribution in [0.4, 0.5) is 0 Å². The smallest absolute Gasteiger partial charge is 0.247 e. The second-order valence-electron chi connectivity index (χ2n) is 4.60. The second-order valence-corrected chi connectivity index (χ2v) is 4.60. The number of hydrogen-bond donors (Lipinski definition) is 0. The molecule has 1 aliphatic rings. The highest BCUT2D eigenvalue weighted by molar-refractivity contribution is 5.86.